The molecule has 0 fully saturated rings. The summed E-state index contributed by atoms with van der Waals surface area (Å²) in [5.41, 5.74) is 2.23. The number of nitrogens with zero attached hydrogens (tertiary/aromatic N) is 3. The van der Waals surface area contributed by atoms with Crippen molar-refractivity contribution in [2.24, 2.45) is 0 Å². The standard InChI is InChI=1S/C14H19N3/c1-4-7-12-11-8-5-6-9-13(11)16-14(15-12)10-17(2)3/h5-6,8-9H,4,7,10H2,1-3H3. The number of hydrogen-bond acceptors (Lipinski definition) is 3. The van der Waals surface area contributed by atoms with Crippen molar-refractivity contribution in [1.29, 1.82) is 0 Å². The topological polar surface area (TPSA) is 29.0 Å². The van der Waals surface area contributed by atoms with Gasteiger partial charge < -0.3 is 4.90 Å². The summed E-state index contributed by atoms with van der Waals surface area (Å²) < 4.78 is 0. The molecule has 0 radical (unpaired) electrons. The Morgan fingerprint density at radius 3 is 2.59 bits per heavy atom. The van der Waals surface area contributed by atoms with E-state index in [1.165, 1.54) is 11.1 Å². The molecule has 0 bridgehead atoms. The van der Waals surface area contributed by atoms with Crippen molar-refractivity contribution in [3.05, 3.63) is 35.8 Å². The molecule has 0 spiro atoms. The third-order valence-electron chi connectivity index (χ3n) is 2.67. The number of aryl methyl sites for hydroxylation is 1. The highest BCUT2D eigenvalue weighted by atomic mass is 15.1. The van der Waals surface area contributed by atoms with Crippen molar-refractivity contribution in [2.45, 2.75) is 26.3 Å². The predicted octanol–water partition coefficient (Wildman–Crippen LogP) is 2.64. The molecular formula is C14H19N3. The maximum atomic E-state index is 4.68. The molecule has 0 unspecified atom stereocenters. The molecule has 0 aliphatic rings. The molecule has 3 heteroatoms. The van der Waals surface area contributed by atoms with Crippen molar-refractivity contribution in [3.63, 3.8) is 0 Å². The van der Waals surface area contributed by atoms with Gasteiger partial charge in [-0.05, 0) is 26.6 Å². The summed E-state index contributed by atoms with van der Waals surface area (Å²) in [6.45, 7) is 2.98. The summed E-state index contributed by atoms with van der Waals surface area (Å²) in [5, 5.41) is 1.19. The first-order valence-corrected chi connectivity index (χ1v) is 6.10. The fraction of sp³-hybridized carbons (Fsp3) is 0.429. The molecule has 1 aromatic heterocycles. The molecule has 90 valence electrons. The van der Waals surface area contributed by atoms with Crippen LogP contribution in [0.15, 0.2) is 24.3 Å². The van der Waals surface area contributed by atoms with Crippen LogP contribution in [0.5, 0.6) is 0 Å². The Labute approximate surface area is 103 Å². The fourth-order valence-corrected chi connectivity index (χ4v) is 1.98. The van der Waals surface area contributed by atoms with Gasteiger partial charge in [-0.3, -0.25) is 0 Å². The lowest BCUT2D eigenvalue weighted by atomic mass is 10.1. The minimum Gasteiger partial charge on any atom is -0.302 e. The van der Waals surface area contributed by atoms with Crippen molar-refractivity contribution in [3.8, 4) is 0 Å². The van der Waals surface area contributed by atoms with E-state index in [-0.39, 0.29) is 0 Å². The number of rotatable bonds is 4. The highest BCUT2D eigenvalue weighted by molar-refractivity contribution is 5.80. The lowest BCUT2D eigenvalue weighted by molar-refractivity contribution is 0.390. The first-order chi connectivity index (χ1) is 8.20. The second-order valence-corrected chi connectivity index (χ2v) is 4.59. The second kappa shape index (κ2) is 5.23. The second-order valence-electron chi connectivity index (χ2n) is 4.59. The van der Waals surface area contributed by atoms with Gasteiger partial charge in [0.15, 0.2) is 0 Å². The highest BCUT2D eigenvalue weighted by Crippen LogP contribution is 2.17. The Morgan fingerprint density at radius 1 is 1.12 bits per heavy atom. The van der Waals surface area contributed by atoms with Crippen molar-refractivity contribution in [1.82, 2.24) is 14.9 Å². The number of para-hydroxylation sites is 1. The summed E-state index contributed by atoms with van der Waals surface area (Å²) in [4.78, 5) is 11.4. The molecule has 0 amide bonds. The fourth-order valence-electron chi connectivity index (χ4n) is 1.98. The van der Waals surface area contributed by atoms with E-state index < -0.39 is 0 Å². The molecule has 3 nitrogen and oxygen atoms in total. The minimum atomic E-state index is 0.793. The van der Waals surface area contributed by atoms with E-state index in [4.69, 9.17) is 0 Å². The van der Waals surface area contributed by atoms with Crippen LogP contribution in [0.25, 0.3) is 10.9 Å². The van der Waals surface area contributed by atoms with Crippen LogP contribution in [0.1, 0.15) is 24.9 Å². The maximum absolute atomic E-state index is 4.68. The van der Waals surface area contributed by atoms with Gasteiger partial charge in [-0.25, -0.2) is 9.97 Å². The number of fused-ring (bicyclic) bond motifs is 1. The molecule has 2 aromatic rings. The van der Waals surface area contributed by atoms with E-state index in [2.05, 4.69) is 40.0 Å². The van der Waals surface area contributed by atoms with Crippen molar-refractivity contribution < 1.29 is 0 Å². The van der Waals surface area contributed by atoms with Crippen LogP contribution in [0.3, 0.4) is 0 Å². The third-order valence-corrected chi connectivity index (χ3v) is 2.67. The first-order valence-electron chi connectivity index (χ1n) is 6.10. The van der Waals surface area contributed by atoms with Crippen LogP contribution in [0.4, 0.5) is 0 Å². The average Bonchev–Trinajstić information content (AvgIpc) is 2.28. The molecule has 2 rings (SSSR count). The van der Waals surface area contributed by atoms with E-state index in [0.29, 0.717) is 0 Å². The van der Waals surface area contributed by atoms with E-state index in [1.807, 2.05) is 20.2 Å². The largest absolute Gasteiger partial charge is 0.302 e. The van der Waals surface area contributed by atoms with E-state index in [9.17, 15) is 0 Å². The Hall–Kier alpha value is -1.48. The van der Waals surface area contributed by atoms with Gasteiger partial charge in [0, 0.05) is 5.39 Å². The molecular weight excluding hydrogens is 210 g/mol. The quantitative estimate of drug-likeness (QED) is 0.807. The molecule has 0 aliphatic heterocycles. The Bertz CT molecular complexity index is 506. The number of benzene rings is 1. The van der Waals surface area contributed by atoms with E-state index in [0.717, 1.165) is 30.7 Å². The van der Waals surface area contributed by atoms with Crippen LogP contribution in [-0.2, 0) is 13.0 Å². The maximum Gasteiger partial charge on any atom is 0.143 e. The molecule has 0 atom stereocenters. The van der Waals surface area contributed by atoms with E-state index >= 15 is 0 Å². The van der Waals surface area contributed by atoms with Crippen LogP contribution in [-0.4, -0.2) is 29.0 Å². The molecule has 0 saturated heterocycles. The average molecular weight is 229 g/mol. The lowest BCUT2D eigenvalue weighted by Gasteiger charge is -2.11. The van der Waals surface area contributed by atoms with Gasteiger partial charge in [0.05, 0.1) is 17.8 Å². The summed E-state index contributed by atoms with van der Waals surface area (Å²) >= 11 is 0. The zero-order chi connectivity index (χ0) is 12.3. The monoisotopic (exact) mass is 229 g/mol. The van der Waals surface area contributed by atoms with Gasteiger partial charge in [-0.15, -0.1) is 0 Å². The van der Waals surface area contributed by atoms with Gasteiger partial charge in [-0.2, -0.15) is 0 Å². The molecule has 0 N–H and O–H groups in total. The summed E-state index contributed by atoms with van der Waals surface area (Å²) in [6.07, 6.45) is 2.13. The zero-order valence-corrected chi connectivity index (χ0v) is 10.8. The molecule has 1 aromatic carbocycles. The Morgan fingerprint density at radius 2 is 1.88 bits per heavy atom. The summed E-state index contributed by atoms with van der Waals surface area (Å²) in [7, 11) is 4.08. The van der Waals surface area contributed by atoms with Crippen molar-refractivity contribution >= 4 is 10.9 Å². The molecule has 0 aliphatic carbocycles. The highest BCUT2D eigenvalue weighted by Gasteiger charge is 2.07. The van der Waals surface area contributed by atoms with Crippen molar-refractivity contribution in [2.75, 3.05) is 14.1 Å². The predicted molar refractivity (Wildman–Crippen MR) is 70.9 cm³/mol. The Balaban J connectivity index is 2.50. The zero-order valence-electron chi connectivity index (χ0n) is 10.8. The van der Waals surface area contributed by atoms with Gasteiger partial charge in [0.1, 0.15) is 5.82 Å². The van der Waals surface area contributed by atoms with Crippen LogP contribution in [0.2, 0.25) is 0 Å². The number of aromatic nitrogens is 2. The smallest absolute Gasteiger partial charge is 0.143 e. The summed E-state index contributed by atoms with van der Waals surface area (Å²) in [5.74, 6) is 0.914. The number of hydrogen-bond donors (Lipinski definition) is 0. The Kier molecular flexibility index (Phi) is 3.69. The van der Waals surface area contributed by atoms with Crippen LogP contribution < -0.4 is 0 Å². The van der Waals surface area contributed by atoms with Crippen LogP contribution in [0, 0.1) is 0 Å². The normalized spacial score (nSPS) is 11.3. The van der Waals surface area contributed by atoms with Gasteiger partial charge in [0.2, 0.25) is 0 Å². The van der Waals surface area contributed by atoms with Gasteiger partial charge >= 0.3 is 0 Å². The summed E-state index contributed by atoms with van der Waals surface area (Å²) in [6, 6.07) is 8.26. The van der Waals surface area contributed by atoms with E-state index in [1.54, 1.807) is 0 Å². The third kappa shape index (κ3) is 2.80. The van der Waals surface area contributed by atoms with Gasteiger partial charge in [-0.1, -0.05) is 31.5 Å². The molecule has 1 heterocycles. The molecule has 17 heavy (non-hydrogen) atoms. The SMILES string of the molecule is CCCc1nc(CN(C)C)nc2ccccc12. The van der Waals surface area contributed by atoms with Crippen LogP contribution >= 0.6 is 0 Å². The lowest BCUT2D eigenvalue weighted by Crippen LogP contribution is -2.14. The molecule has 0 saturated carbocycles. The van der Waals surface area contributed by atoms with Gasteiger partial charge in [0.25, 0.3) is 0 Å². The minimum absolute atomic E-state index is 0.793. The first kappa shape index (κ1) is 12.0.